The van der Waals surface area contributed by atoms with Crippen LogP contribution >= 0.6 is 0 Å². The maximum atomic E-state index is 12.0. The van der Waals surface area contributed by atoms with E-state index in [0.717, 1.165) is 12.1 Å². The number of hydrogen-bond donors (Lipinski definition) is 1. The first-order valence-corrected chi connectivity index (χ1v) is 8.52. The Kier molecular flexibility index (Phi) is 4.19. The number of benzene rings is 2. The molecule has 128 valence electrons. The predicted octanol–water partition coefficient (Wildman–Crippen LogP) is 3.97. The van der Waals surface area contributed by atoms with Crippen LogP contribution in [0.2, 0.25) is 0 Å². The number of pyridine rings is 1. The van der Waals surface area contributed by atoms with E-state index < -0.39 is 0 Å². The van der Waals surface area contributed by atoms with Crippen molar-refractivity contribution in [3.63, 3.8) is 0 Å². The summed E-state index contributed by atoms with van der Waals surface area (Å²) >= 11 is 0. The zero-order valence-electron chi connectivity index (χ0n) is 14.4. The standard InChI is InChI=1S/C21H18N4O/c1-2-25-19-8-4-3-7-17(19)18-12-15(9-10-20(18)25)13-23-24-21(26)16-6-5-11-22-14-16/h3-14H,2H2,1H3,(H,24,26)/b23-13+. The Balaban J connectivity index is 1.63. The average molecular weight is 342 g/mol. The smallest absolute Gasteiger partial charge is 0.272 e. The summed E-state index contributed by atoms with van der Waals surface area (Å²) in [4.78, 5) is 15.9. The topological polar surface area (TPSA) is 59.3 Å². The zero-order chi connectivity index (χ0) is 17.9. The van der Waals surface area contributed by atoms with E-state index in [1.54, 1.807) is 24.5 Å². The van der Waals surface area contributed by atoms with Crippen molar-refractivity contribution in [3.05, 3.63) is 78.1 Å². The summed E-state index contributed by atoms with van der Waals surface area (Å²) in [5, 5.41) is 6.48. The molecule has 4 aromatic rings. The first-order valence-electron chi connectivity index (χ1n) is 8.52. The minimum atomic E-state index is -0.280. The molecule has 5 heteroatoms. The lowest BCUT2D eigenvalue weighted by atomic mass is 10.1. The number of nitrogens with one attached hydrogen (secondary N) is 1. The molecule has 26 heavy (non-hydrogen) atoms. The van der Waals surface area contributed by atoms with Gasteiger partial charge in [0.1, 0.15) is 0 Å². The van der Waals surface area contributed by atoms with Gasteiger partial charge in [-0.3, -0.25) is 9.78 Å². The highest BCUT2D eigenvalue weighted by Crippen LogP contribution is 2.29. The SMILES string of the molecule is CCn1c2ccccc2c2cc(/C=N/NC(=O)c3cccnc3)ccc21. The van der Waals surface area contributed by atoms with Crippen LogP contribution in [0.5, 0.6) is 0 Å². The van der Waals surface area contributed by atoms with Crippen molar-refractivity contribution in [2.24, 2.45) is 5.10 Å². The molecule has 0 bridgehead atoms. The van der Waals surface area contributed by atoms with E-state index in [9.17, 15) is 4.79 Å². The Morgan fingerprint density at radius 2 is 1.96 bits per heavy atom. The summed E-state index contributed by atoms with van der Waals surface area (Å²) in [5.74, 6) is -0.280. The summed E-state index contributed by atoms with van der Waals surface area (Å²) < 4.78 is 2.30. The van der Waals surface area contributed by atoms with Gasteiger partial charge in [0.05, 0.1) is 11.8 Å². The van der Waals surface area contributed by atoms with Gasteiger partial charge >= 0.3 is 0 Å². The van der Waals surface area contributed by atoms with Crippen LogP contribution in [0.1, 0.15) is 22.8 Å². The second-order valence-corrected chi connectivity index (χ2v) is 5.98. The number of para-hydroxylation sites is 1. The Hall–Kier alpha value is -3.47. The molecular weight excluding hydrogens is 324 g/mol. The van der Waals surface area contributed by atoms with E-state index in [-0.39, 0.29) is 5.91 Å². The number of aromatic nitrogens is 2. The highest BCUT2D eigenvalue weighted by Gasteiger charge is 2.09. The van der Waals surface area contributed by atoms with E-state index in [1.165, 1.54) is 28.0 Å². The summed E-state index contributed by atoms with van der Waals surface area (Å²) in [6, 6.07) is 18.0. The molecule has 0 saturated carbocycles. The molecule has 2 heterocycles. The van der Waals surface area contributed by atoms with Crippen molar-refractivity contribution < 1.29 is 4.79 Å². The van der Waals surface area contributed by atoms with Gasteiger partial charge < -0.3 is 4.57 Å². The number of hydrazone groups is 1. The van der Waals surface area contributed by atoms with E-state index in [0.29, 0.717) is 5.56 Å². The van der Waals surface area contributed by atoms with E-state index in [1.807, 2.05) is 6.07 Å². The van der Waals surface area contributed by atoms with Gasteiger partial charge in [-0.25, -0.2) is 5.43 Å². The Morgan fingerprint density at radius 3 is 2.77 bits per heavy atom. The van der Waals surface area contributed by atoms with Crippen molar-refractivity contribution in [2.75, 3.05) is 0 Å². The van der Waals surface area contributed by atoms with Gasteiger partial charge in [0, 0.05) is 40.7 Å². The molecule has 0 saturated heterocycles. The molecule has 0 atom stereocenters. The van der Waals surface area contributed by atoms with Crippen LogP contribution in [-0.2, 0) is 6.54 Å². The number of fused-ring (bicyclic) bond motifs is 3. The average Bonchev–Trinajstić information content (AvgIpc) is 3.01. The lowest BCUT2D eigenvalue weighted by Crippen LogP contribution is -2.17. The molecule has 0 fully saturated rings. The molecule has 5 nitrogen and oxygen atoms in total. The van der Waals surface area contributed by atoms with Crippen molar-refractivity contribution >= 4 is 33.9 Å². The fourth-order valence-electron chi connectivity index (χ4n) is 3.22. The number of amides is 1. The molecule has 2 aromatic heterocycles. The molecular formula is C21H18N4O. The zero-order valence-corrected chi connectivity index (χ0v) is 14.4. The number of aryl methyl sites for hydroxylation is 1. The molecule has 0 unspecified atom stereocenters. The van der Waals surface area contributed by atoms with Crippen LogP contribution in [0.3, 0.4) is 0 Å². The molecule has 1 N–H and O–H groups in total. The van der Waals surface area contributed by atoms with Gasteiger partial charge in [-0.1, -0.05) is 24.3 Å². The lowest BCUT2D eigenvalue weighted by Gasteiger charge is -2.02. The van der Waals surface area contributed by atoms with Crippen LogP contribution < -0.4 is 5.43 Å². The molecule has 0 spiro atoms. The third-order valence-corrected chi connectivity index (χ3v) is 4.42. The number of carbonyl (C=O) groups excluding carboxylic acids is 1. The predicted molar refractivity (Wildman–Crippen MR) is 104 cm³/mol. The molecule has 2 aromatic carbocycles. The minimum absolute atomic E-state index is 0.280. The van der Waals surface area contributed by atoms with Crippen LogP contribution in [-0.4, -0.2) is 21.7 Å². The van der Waals surface area contributed by atoms with Gasteiger partial charge in [0.15, 0.2) is 0 Å². The largest absolute Gasteiger partial charge is 0.341 e. The molecule has 0 aliphatic heterocycles. The monoisotopic (exact) mass is 342 g/mol. The van der Waals surface area contributed by atoms with Gasteiger partial charge in [0.2, 0.25) is 0 Å². The van der Waals surface area contributed by atoms with E-state index in [2.05, 4.69) is 63.4 Å². The van der Waals surface area contributed by atoms with Crippen LogP contribution in [0, 0.1) is 0 Å². The summed E-state index contributed by atoms with van der Waals surface area (Å²) in [6.07, 6.45) is 4.80. The van der Waals surface area contributed by atoms with Crippen molar-refractivity contribution in [1.29, 1.82) is 0 Å². The first-order chi connectivity index (χ1) is 12.8. The summed E-state index contributed by atoms with van der Waals surface area (Å²) in [7, 11) is 0. The maximum absolute atomic E-state index is 12.0. The fourth-order valence-corrected chi connectivity index (χ4v) is 3.22. The van der Waals surface area contributed by atoms with Crippen molar-refractivity contribution in [3.8, 4) is 0 Å². The van der Waals surface area contributed by atoms with E-state index in [4.69, 9.17) is 0 Å². The summed E-state index contributed by atoms with van der Waals surface area (Å²) in [6.45, 7) is 3.06. The molecule has 0 aliphatic rings. The summed E-state index contributed by atoms with van der Waals surface area (Å²) in [5.41, 5.74) is 6.37. The second kappa shape index (κ2) is 6.80. The van der Waals surface area contributed by atoms with Gasteiger partial charge in [0.25, 0.3) is 5.91 Å². The minimum Gasteiger partial charge on any atom is -0.341 e. The van der Waals surface area contributed by atoms with Gasteiger partial charge in [-0.2, -0.15) is 5.10 Å². The van der Waals surface area contributed by atoms with E-state index >= 15 is 0 Å². The van der Waals surface area contributed by atoms with Crippen LogP contribution in [0.4, 0.5) is 0 Å². The third kappa shape index (κ3) is 2.84. The maximum Gasteiger partial charge on any atom is 0.272 e. The molecule has 0 radical (unpaired) electrons. The highest BCUT2D eigenvalue weighted by molar-refractivity contribution is 6.09. The third-order valence-electron chi connectivity index (χ3n) is 4.42. The normalized spacial score (nSPS) is 11.4. The van der Waals surface area contributed by atoms with Gasteiger partial charge in [-0.05, 0) is 42.8 Å². The highest BCUT2D eigenvalue weighted by atomic mass is 16.2. The first kappa shape index (κ1) is 16.0. The number of carbonyl (C=O) groups is 1. The second-order valence-electron chi connectivity index (χ2n) is 5.98. The van der Waals surface area contributed by atoms with Gasteiger partial charge in [-0.15, -0.1) is 0 Å². The molecule has 1 amide bonds. The quantitative estimate of drug-likeness (QED) is 0.450. The van der Waals surface area contributed by atoms with Crippen molar-refractivity contribution in [1.82, 2.24) is 15.0 Å². The Morgan fingerprint density at radius 1 is 1.12 bits per heavy atom. The lowest BCUT2D eigenvalue weighted by molar-refractivity contribution is 0.0955. The molecule has 4 rings (SSSR count). The number of rotatable bonds is 4. The Labute approximate surface area is 151 Å². The Bertz CT molecular complexity index is 1110. The van der Waals surface area contributed by atoms with Crippen molar-refractivity contribution in [2.45, 2.75) is 13.5 Å². The van der Waals surface area contributed by atoms with Crippen LogP contribution in [0.25, 0.3) is 21.8 Å². The fraction of sp³-hybridized carbons (Fsp3) is 0.0952. The van der Waals surface area contributed by atoms with Crippen LogP contribution in [0.15, 0.2) is 72.1 Å². The number of hydrogen-bond acceptors (Lipinski definition) is 3. The molecule has 0 aliphatic carbocycles. The number of nitrogens with zero attached hydrogens (tertiary/aromatic N) is 3.